The number of rotatable bonds is 28. The summed E-state index contributed by atoms with van der Waals surface area (Å²) in [5, 5.41) is 9.85. The van der Waals surface area contributed by atoms with Crippen LogP contribution in [0, 0.1) is 0 Å². The molecular weight excluding hydrogens is 1540 g/mol. The molecule has 0 fully saturated rings. The van der Waals surface area contributed by atoms with Gasteiger partial charge < -0.3 is 33.5 Å². The zero-order chi connectivity index (χ0) is 74.4. The molecular formula is C58H140ClIN22O2P10Si. The molecule has 0 aromatic heterocycles. The molecule has 0 atom stereocenters. The molecule has 562 valence electrons. The van der Waals surface area contributed by atoms with Crippen LogP contribution in [-0.4, -0.2) is 324 Å². The normalized spacial score (nSPS) is 13.9. The molecule has 0 aliphatic carbocycles. The molecule has 0 amide bonds. The van der Waals surface area contributed by atoms with Crippen molar-refractivity contribution in [2.45, 2.75) is 64.5 Å². The molecule has 2 aromatic carbocycles. The van der Waals surface area contributed by atoms with Crippen molar-refractivity contribution in [2.75, 3.05) is 250 Å². The lowest BCUT2D eigenvalue weighted by atomic mass is 10.1. The highest BCUT2D eigenvalue weighted by Gasteiger charge is 2.52. The predicted octanol–water partition coefficient (Wildman–Crippen LogP) is 15.3. The number of hydrogen-bond donors (Lipinski definition) is 1. The average molecular weight is 1680 g/mol. The van der Waals surface area contributed by atoms with Gasteiger partial charge in [-0.05, 0) is 290 Å². The van der Waals surface area contributed by atoms with Crippen LogP contribution in [0.2, 0.25) is 18.1 Å². The number of alkyl halides is 1. The summed E-state index contributed by atoms with van der Waals surface area (Å²) < 4.78 is 85.9. The number of hydrogen-bond acceptors (Lipinski definition) is 7. The van der Waals surface area contributed by atoms with Gasteiger partial charge >= 0.3 is 15.4 Å². The van der Waals surface area contributed by atoms with Crippen LogP contribution in [0.5, 0.6) is 0 Å². The SMILES string of the molecule is CC(C)(C)[Si](C)(C)OCc1ccc(CCl)cc1.CN(C)P(C)(=N[P+](N=P(C)(C)C)(N=P(C)(N(C)C)N(C)C)N=P(N(C)C)(N(C)C)N(C)Cc1ccc(CO)cc1)N(C)C.CN=P(N=P(N=P(C)(C)C)(N=P(C)(N(C)C)N(C)C)N=P(C)(N(C)C)N(C)C)(N(C)C)N(C)C.[I-]. The second kappa shape index (κ2) is 39.8. The molecule has 0 saturated heterocycles. The van der Waals surface area contributed by atoms with Gasteiger partial charge in [0.2, 0.25) is 15.0 Å². The van der Waals surface area contributed by atoms with Crippen molar-refractivity contribution in [1.82, 2.24) is 60.7 Å². The molecule has 95 heavy (non-hydrogen) atoms. The topological polar surface area (TPSA) is 183 Å². The first-order valence-corrected chi connectivity index (χ1v) is 55.7. The summed E-state index contributed by atoms with van der Waals surface area (Å²) in [6.07, 6.45) is 0. The van der Waals surface area contributed by atoms with Crippen molar-refractivity contribution >= 4 is 93.8 Å². The third-order valence-electron chi connectivity index (χ3n) is 16.5. The van der Waals surface area contributed by atoms with Gasteiger partial charge in [0, 0.05) is 39.9 Å². The fraction of sp³-hybridized carbons (Fsp3) is 0.793. The second-order valence-electron chi connectivity index (χ2n) is 29.4. The molecule has 0 heterocycles. The number of nitrogens with zero attached hydrogens (tertiary/aromatic N) is 22. The summed E-state index contributed by atoms with van der Waals surface area (Å²) in [6.45, 7) is 35.0. The van der Waals surface area contributed by atoms with Crippen molar-refractivity contribution < 1.29 is 33.5 Å². The summed E-state index contributed by atoms with van der Waals surface area (Å²) in [5.41, 5.74) is 4.43. The first-order chi connectivity index (χ1) is 42.2. The molecule has 0 spiro atoms. The predicted molar refractivity (Wildman–Crippen MR) is 442 cm³/mol. The van der Waals surface area contributed by atoms with Gasteiger partial charge in [-0.15, -0.1) is 11.6 Å². The standard InChI is InChI=1S/C26H63N11OP5.C18H54N11P5.C14H23ClOSi.HI/c1-31(2)40(17,32(3)4)28-42(27-39(14,15)16,29-41(18,33(5)6)34(7)8)30-43(35(9)10,36(11)12)37(13)23-25-19-21-26(24-38)22-20-25;1-19-34(28(10)11,29(12)13)23-33(20-30(14,15)16,21-31(17,24(2)3)25(4)5)22-32(18,26(6)7)27(8)9;1-14(2,3)17(4,5)16-11-13-8-6-12(10-15)7-9-13;/h19-22,38H,23-24H2,1-18H3;1-18H3;6-9H,10-11H2,1-5H3;1H/q+1;;;/p-1. The first-order valence-electron chi connectivity index (χ1n) is 31.3. The van der Waals surface area contributed by atoms with E-state index < -0.39 is 82.2 Å². The number of benzene rings is 2. The van der Waals surface area contributed by atoms with Gasteiger partial charge in [0.1, 0.15) is 29.4 Å². The van der Waals surface area contributed by atoms with E-state index in [1.807, 2.05) is 47.4 Å². The van der Waals surface area contributed by atoms with Crippen LogP contribution < -0.4 is 24.0 Å². The highest BCUT2D eigenvalue weighted by atomic mass is 127. The molecule has 24 nitrogen and oxygen atoms in total. The third kappa shape index (κ3) is 27.8. The van der Waals surface area contributed by atoms with Crippen LogP contribution in [0.15, 0.2) is 89.4 Å². The van der Waals surface area contributed by atoms with Crippen LogP contribution in [-0.2, 0) is 30.1 Å². The Morgan fingerprint density at radius 3 is 1.02 bits per heavy atom. The molecule has 0 aliphatic heterocycles. The Kier molecular flexibility index (Phi) is 41.3. The van der Waals surface area contributed by atoms with Crippen molar-refractivity contribution in [3.8, 4) is 0 Å². The summed E-state index contributed by atoms with van der Waals surface area (Å²) in [7, 11) is 29.3. The van der Waals surface area contributed by atoms with Gasteiger partial charge in [0.05, 0.1) is 13.2 Å². The van der Waals surface area contributed by atoms with Crippen LogP contribution >= 0.6 is 85.5 Å². The Bertz CT molecular complexity index is 3100. The maximum absolute atomic E-state index is 9.58. The van der Waals surface area contributed by atoms with E-state index in [2.05, 4.69) is 346 Å². The van der Waals surface area contributed by atoms with E-state index in [1.54, 1.807) is 0 Å². The van der Waals surface area contributed by atoms with Gasteiger partial charge in [-0.1, -0.05) is 73.8 Å². The zero-order valence-corrected chi connectivity index (χ0v) is 80.2. The Hall–Kier alpha value is 1.58. The van der Waals surface area contributed by atoms with Crippen molar-refractivity contribution in [3.63, 3.8) is 0 Å². The minimum absolute atomic E-state index is 0. The molecule has 0 saturated carbocycles. The van der Waals surface area contributed by atoms with E-state index in [-0.39, 0.29) is 35.6 Å². The van der Waals surface area contributed by atoms with E-state index in [4.69, 9.17) is 56.9 Å². The van der Waals surface area contributed by atoms with Gasteiger partial charge in [0.25, 0.3) is 0 Å². The smallest absolute Gasteiger partial charge is 0.496 e. The largest absolute Gasteiger partial charge is 1.00 e. The Morgan fingerprint density at radius 2 is 0.758 bits per heavy atom. The average Bonchev–Trinajstić information content (AvgIpc) is 0.750. The molecule has 1 N–H and O–H groups in total. The molecule has 37 heteroatoms. The van der Waals surface area contributed by atoms with Gasteiger partial charge in [-0.3, -0.25) is 42.1 Å². The quantitative estimate of drug-likeness (QED) is 0.0367. The Labute approximate surface area is 609 Å². The van der Waals surface area contributed by atoms with Crippen LogP contribution in [0.1, 0.15) is 43.0 Å². The monoisotopic (exact) mass is 1680 g/mol. The highest BCUT2D eigenvalue weighted by molar-refractivity contribution is 7.89. The number of aliphatic hydroxyl groups excluding tert-OH is 1. The molecule has 2 aromatic rings. The summed E-state index contributed by atoms with van der Waals surface area (Å²) in [6, 6.07) is 16.5. The molecule has 0 aliphatic rings. The van der Waals surface area contributed by atoms with E-state index in [0.29, 0.717) is 19.0 Å². The minimum atomic E-state index is -3.10. The lowest BCUT2D eigenvalue weighted by Crippen LogP contribution is -3.00. The maximum Gasteiger partial charge on any atom is 0.496 e. The van der Waals surface area contributed by atoms with E-state index in [0.717, 1.165) is 16.7 Å². The maximum atomic E-state index is 9.58. The Balaban J connectivity index is 0. The highest BCUT2D eigenvalue weighted by Crippen LogP contribution is 2.85. The first kappa shape index (κ1) is 98.6. The van der Waals surface area contributed by atoms with Crippen molar-refractivity contribution in [3.05, 3.63) is 70.8 Å². The molecule has 0 unspecified atom stereocenters. The van der Waals surface area contributed by atoms with Crippen molar-refractivity contribution in [2.24, 2.45) is 40.9 Å². The van der Waals surface area contributed by atoms with Crippen LogP contribution in [0.25, 0.3) is 0 Å². The fourth-order valence-electron chi connectivity index (χ4n) is 8.66. The number of halogens is 2. The van der Waals surface area contributed by atoms with Crippen LogP contribution in [0.4, 0.5) is 0 Å². The summed E-state index contributed by atoms with van der Waals surface area (Å²) in [4.78, 5) is 0. The lowest BCUT2D eigenvalue weighted by Gasteiger charge is -2.42. The van der Waals surface area contributed by atoms with E-state index in [9.17, 15) is 5.11 Å². The summed E-state index contributed by atoms with van der Waals surface area (Å²) >= 11 is 5.76. The number of aliphatic hydroxyl groups is 1. The van der Waals surface area contributed by atoms with Gasteiger partial charge in [-0.25, -0.2) is 27.9 Å². The molecule has 0 bridgehead atoms. The minimum Gasteiger partial charge on any atom is -1.00 e. The van der Waals surface area contributed by atoms with Gasteiger partial charge in [-0.2, -0.15) is 13.5 Å². The summed E-state index contributed by atoms with van der Waals surface area (Å²) in [5.74, 6) is 0.573. The lowest BCUT2D eigenvalue weighted by molar-refractivity contribution is -0.0000246. The second-order valence-corrected chi connectivity index (χ2v) is 69.9. The van der Waals surface area contributed by atoms with Crippen LogP contribution in [0.3, 0.4) is 0 Å². The fourth-order valence-corrected chi connectivity index (χ4v) is 46.1. The Morgan fingerprint density at radius 1 is 0.432 bits per heavy atom. The van der Waals surface area contributed by atoms with Gasteiger partial charge in [0.15, 0.2) is 8.32 Å². The third-order valence-corrected chi connectivity index (χ3v) is 58.7. The molecule has 0 radical (unpaired) electrons. The zero-order valence-electron chi connectivity index (χ0n) is 67.4. The van der Waals surface area contributed by atoms with Crippen molar-refractivity contribution in [1.29, 1.82) is 0 Å². The molecule has 2 rings (SSSR count). The van der Waals surface area contributed by atoms with E-state index >= 15 is 0 Å². The van der Waals surface area contributed by atoms with E-state index in [1.165, 1.54) is 5.56 Å².